The van der Waals surface area contributed by atoms with Crippen LogP contribution in [0.4, 0.5) is 13.2 Å². The van der Waals surface area contributed by atoms with E-state index in [4.69, 9.17) is 0 Å². The molecule has 0 saturated heterocycles. The van der Waals surface area contributed by atoms with E-state index >= 15 is 0 Å². The molecule has 0 amide bonds. The monoisotopic (exact) mass is 276 g/mol. The Labute approximate surface area is 113 Å². The summed E-state index contributed by atoms with van der Waals surface area (Å²) < 4.78 is 40.3. The van der Waals surface area contributed by atoms with Crippen molar-refractivity contribution in [3.8, 4) is 0 Å². The van der Waals surface area contributed by atoms with Gasteiger partial charge in [0.1, 0.15) is 5.92 Å². The Bertz CT molecular complexity index is 717. The van der Waals surface area contributed by atoms with Gasteiger partial charge >= 0.3 is 6.18 Å². The van der Waals surface area contributed by atoms with Gasteiger partial charge in [0, 0.05) is 5.39 Å². The second-order valence-corrected chi connectivity index (χ2v) is 4.54. The lowest BCUT2D eigenvalue weighted by molar-refractivity contribution is -0.141. The van der Waals surface area contributed by atoms with Gasteiger partial charge in [0.05, 0.1) is 11.2 Å². The first kappa shape index (κ1) is 12.7. The number of benzene rings is 2. The second-order valence-electron chi connectivity index (χ2n) is 4.54. The van der Waals surface area contributed by atoms with Crippen LogP contribution in [0, 0.1) is 0 Å². The van der Waals surface area contributed by atoms with Gasteiger partial charge in [-0.25, -0.2) is 0 Å². The summed E-state index contributed by atoms with van der Waals surface area (Å²) in [5.41, 5.74) is 0.821. The van der Waals surface area contributed by atoms with Crippen LogP contribution in [0.15, 0.2) is 54.6 Å². The summed E-state index contributed by atoms with van der Waals surface area (Å²) in [6, 6.07) is 14.7. The Morgan fingerprint density at radius 2 is 1.55 bits per heavy atom. The Kier molecular flexibility index (Phi) is 2.97. The molecule has 1 heterocycles. The predicted octanol–water partition coefficient (Wildman–Crippen LogP) is 4.26. The highest BCUT2D eigenvalue weighted by Crippen LogP contribution is 2.41. The van der Waals surface area contributed by atoms with Gasteiger partial charge in [0.15, 0.2) is 0 Å². The molecule has 1 unspecified atom stereocenters. The molecule has 0 aliphatic carbocycles. The molecule has 0 aliphatic heterocycles. The summed E-state index contributed by atoms with van der Waals surface area (Å²) in [5, 5.41) is 7.00. The lowest BCUT2D eigenvalue weighted by Crippen LogP contribution is -2.22. The van der Waals surface area contributed by atoms with E-state index < -0.39 is 12.1 Å². The van der Waals surface area contributed by atoms with Crippen molar-refractivity contribution in [1.82, 2.24) is 10.2 Å². The van der Waals surface area contributed by atoms with E-state index in [0.29, 0.717) is 10.9 Å². The normalized spacial score (nSPS) is 13.6. The minimum Gasteiger partial charge on any atom is -0.280 e. The van der Waals surface area contributed by atoms with Crippen molar-refractivity contribution < 1.29 is 13.2 Å². The number of hydrogen-bond acceptors (Lipinski definition) is 1. The zero-order valence-electron chi connectivity index (χ0n) is 10.4. The molecule has 0 spiro atoms. The number of rotatable bonds is 2. The van der Waals surface area contributed by atoms with E-state index in [1.807, 2.05) is 0 Å². The van der Waals surface area contributed by atoms with Gasteiger partial charge in [-0.2, -0.15) is 18.3 Å². The van der Waals surface area contributed by atoms with E-state index in [1.165, 1.54) is 12.1 Å². The Morgan fingerprint density at radius 1 is 0.900 bits per heavy atom. The molecule has 1 atom stereocenters. The van der Waals surface area contributed by atoms with Crippen LogP contribution >= 0.6 is 0 Å². The Balaban J connectivity index is 2.20. The van der Waals surface area contributed by atoms with Crippen LogP contribution in [0.3, 0.4) is 0 Å². The topological polar surface area (TPSA) is 28.7 Å². The maximum Gasteiger partial charge on any atom is 0.401 e. The van der Waals surface area contributed by atoms with E-state index in [9.17, 15) is 13.2 Å². The highest BCUT2D eigenvalue weighted by molar-refractivity contribution is 5.82. The number of para-hydroxylation sites is 1. The molecular weight excluding hydrogens is 265 g/mol. The number of aromatic amines is 1. The van der Waals surface area contributed by atoms with Crippen LogP contribution in [-0.2, 0) is 0 Å². The van der Waals surface area contributed by atoms with Crippen LogP contribution in [0.1, 0.15) is 17.2 Å². The number of nitrogens with zero attached hydrogens (tertiary/aromatic N) is 1. The molecule has 2 nitrogen and oxygen atoms in total. The van der Waals surface area contributed by atoms with E-state index in [0.717, 1.165) is 0 Å². The molecule has 0 bridgehead atoms. The zero-order valence-corrected chi connectivity index (χ0v) is 10.4. The van der Waals surface area contributed by atoms with Gasteiger partial charge in [-0.1, -0.05) is 48.5 Å². The molecule has 0 saturated carbocycles. The lowest BCUT2D eigenvalue weighted by atomic mass is 9.93. The van der Waals surface area contributed by atoms with Crippen molar-refractivity contribution in [2.24, 2.45) is 0 Å². The van der Waals surface area contributed by atoms with Crippen molar-refractivity contribution >= 4 is 10.9 Å². The number of halogens is 3. The quantitative estimate of drug-likeness (QED) is 0.744. The summed E-state index contributed by atoms with van der Waals surface area (Å²) in [4.78, 5) is 0. The van der Waals surface area contributed by atoms with Gasteiger partial charge in [-0.15, -0.1) is 0 Å². The van der Waals surface area contributed by atoms with Crippen molar-refractivity contribution in [3.05, 3.63) is 65.9 Å². The fraction of sp³-hybridized carbons (Fsp3) is 0.133. The summed E-state index contributed by atoms with van der Waals surface area (Å²) in [5.74, 6) is -1.70. The number of aromatic nitrogens is 2. The molecule has 1 aromatic heterocycles. The number of hydrogen-bond donors (Lipinski definition) is 1. The van der Waals surface area contributed by atoms with Crippen LogP contribution in [-0.4, -0.2) is 16.4 Å². The smallest absolute Gasteiger partial charge is 0.280 e. The first-order valence-electron chi connectivity index (χ1n) is 6.12. The molecule has 0 fully saturated rings. The zero-order chi connectivity index (χ0) is 14.2. The fourth-order valence-electron chi connectivity index (χ4n) is 2.36. The molecule has 20 heavy (non-hydrogen) atoms. The van der Waals surface area contributed by atoms with Crippen molar-refractivity contribution in [3.63, 3.8) is 0 Å². The standard InChI is InChI=1S/C15H11F3N2/c16-15(17,18)13(10-6-2-1-3-7-10)14-11-8-4-5-9-12(11)19-20-14/h1-9,13H,(H,19,20). The number of H-pyrrole nitrogens is 1. The van der Waals surface area contributed by atoms with E-state index in [2.05, 4.69) is 10.2 Å². The maximum absolute atomic E-state index is 13.4. The first-order chi connectivity index (χ1) is 9.57. The average molecular weight is 276 g/mol. The highest BCUT2D eigenvalue weighted by atomic mass is 19.4. The molecule has 3 rings (SSSR count). The third kappa shape index (κ3) is 2.15. The largest absolute Gasteiger partial charge is 0.401 e. The molecule has 5 heteroatoms. The van der Waals surface area contributed by atoms with E-state index in [-0.39, 0.29) is 11.3 Å². The van der Waals surface area contributed by atoms with Crippen molar-refractivity contribution in [2.75, 3.05) is 0 Å². The Morgan fingerprint density at radius 3 is 2.25 bits per heavy atom. The summed E-state index contributed by atoms with van der Waals surface area (Å²) in [6.45, 7) is 0. The molecule has 102 valence electrons. The molecule has 1 N–H and O–H groups in total. The second kappa shape index (κ2) is 4.67. The van der Waals surface area contributed by atoms with Gasteiger partial charge < -0.3 is 0 Å². The van der Waals surface area contributed by atoms with Gasteiger partial charge in [-0.05, 0) is 11.6 Å². The van der Waals surface area contributed by atoms with Crippen molar-refractivity contribution in [2.45, 2.75) is 12.1 Å². The number of fused-ring (bicyclic) bond motifs is 1. The number of nitrogens with one attached hydrogen (secondary N) is 1. The third-order valence-corrected chi connectivity index (χ3v) is 3.24. The van der Waals surface area contributed by atoms with Crippen LogP contribution in [0.25, 0.3) is 10.9 Å². The molecule has 2 aromatic carbocycles. The molecule has 0 aliphatic rings. The van der Waals surface area contributed by atoms with Crippen LogP contribution in [0.2, 0.25) is 0 Å². The van der Waals surface area contributed by atoms with Gasteiger partial charge in [0.2, 0.25) is 0 Å². The maximum atomic E-state index is 13.4. The van der Waals surface area contributed by atoms with Gasteiger partial charge in [-0.3, -0.25) is 5.10 Å². The molecular formula is C15H11F3N2. The minimum absolute atomic E-state index is 0.0827. The molecule has 0 radical (unpaired) electrons. The fourth-order valence-corrected chi connectivity index (χ4v) is 2.36. The average Bonchev–Trinajstić information content (AvgIpc) is 2.83. The molecule has 3 aromatic rings. The minimum atomic E-state index is -4.38. The number of alkyl halides is 3. The Hall–Kier alpha value is -2.30. The van der Waals surface area contributed by atoms with Crippen LogP contribution < -0.4 is 0 Å². The predicted molar refractivity (Wildman–Crippen MR) is 70.4 cm³/mol. The summed E-state index contributed by atoms with van der Waals surface area (Å²) in [7, 11) is 0. The van der Waals surface area contributed by atoms with Crippen LogP contribution in [0.5, 0.6) is 0 Å². The van der Waals surface area contributed by atoms with Crippen molar-refractivity contribution in [1.29, 1.82) is 0 Å². The van der Waals surface area contributed by atoms with E-state index in [1.54, 1.807) is 42.5 Å². The highest BCUT2D eigenvalue weighted by Gasteiger charge is 2.43. The SMILES string of the molecule is FC(F)(F)C(c1ccccc1)c1[nH]nc2ccccc12. The third-order valence-electron chi connectivity index (χ3n) is 3.24. The first-order valence-corrected chi connectivity index (χ1v) is 6.12. The summed E-state index contributed by atoms with van der Waals surface area (Å²) in [6.07, 6.45) is -4.38. The van der Waals surface area contributed by atoms with Gasteiger partial charge in [0.25, 0.3) is 0 Å². The summed E-state index contributed by atoms with van der Waals surface area (Å²) >= 11 is 0. The lowest BCUT2D eigenvalue weighted by Gasteiger charge is -2.19.